The maximum absolute atomic E-state index is 11.2. The van der Waals surface area contributed by atoms with Crippen molar-refractivity contribution in [2.24, 2.45) is 5.73 Å². The van der Waals surface area contributed by atoms with E-state index in [1.54, 1.807) is 0 Å². The summed E-state index contributed by atoms with van der Waals surface area (Å²) in [6, 6.07) is -0.433. The van der Waals surface area contributed by atoms with Crippen LogP contribution in [0.25, 0.3) is 0 Å². The van der Waals surface area contributed by atoms with Crippen LogP contribution in [-0.2, 0) is 9.59 Å². The van der Waals surface area contributed by atoms with Crippen LogP contribution in [0.15, 0.2) is 0 Å². The highest BCUT2D eigenvalue weighted by atomic mass is 16.2. The average molecular weight is 209 g/mol. The molecule has 0 bridgehead atoms. The molecule has 5 nitrogen and oxygen atoms in total. The van der Waals surface area contributed by atoms with Crippen LogP contribution in [0.2, 0.25) is 0 Å². The number of carbonyl (C=O) groups excluding carboxylic acids is 2. The summed E-state index contributed by atoms with van der Waals surface area (Å²) in [6.45, 7) is -0.0341. The summed E-state index contributed by atoms with van der Waals surface area (Å²) in [6.07, 6.45) is 7.23. The van der Waals surface area contributed by atoms with Crippen LogP contribution in [0.5, 0.6) is 0 Å². The van der Waals surface area contributed by atoms with Crippen molar-refractivity contribution in [3.63, 3.8) is 0 Å². The van der Waals surface area contributed by atoms with E-state index in [1.807, 2.05) is 0 Å². The fourth-order valence-corrected chi connectivity index (χ4v) is 1.02. The average Bonchev–Trinajstić information content (AvgIpc) is 2.98. The number of carbonyl (C=O) groups is 2. The fourth-order valence-electron chi connectivity index (χ4n) is 1.02. The molecule has 0 aromatic heterocycles. The molecule has 4 N–H and O–H groups in total. The van der Waals surface area contributed by atoms with E-state index in [2.05, 4.69) is 16.6 Å². The number of nitrogens with two attached hydrogens (primary N) is 1. The molecule has 1 saturated carbocycles. The highest BCUT2D eigenvalue weighted by molar-refractivity contribution is 5.87. The number of nitrogens with one attached hydrogen (secondary N) is 2. The number of terminal acetylenes is 1. The molecule has 0 heterocycles. The van der Waals surface area contributed by atoms with E-state index < -0.39 is 6.04 Å². The monoisotopic (exact) mass is 209 g/mol. The molecule has 5 heteroatoms. The predicted octanol–water partition coefficient (Wildman–Crippen LogP) is -1.27. The van der Waals surface area contributed by atoms with E-state index >= 15 is 0 Å². The zero-order chi connectivity index (χ0) is 11.3. The molecule has 1 fully saturated rings. The van der Waals surface area contributed by atoms with E-state index in [-0.39, 0.29) is 24.8 Å². The molecule has 1 unspecified atom stereocenters. The van der Waals surface area contributed by atoms with Gasteiger partial charge in [-0.1, -0.05) is 0 Å². The van der Waals surface area contributed by atoms with Crippen molar-refractivity contribution >= 4 is 11.8 Å². The van der Waals surface area contributed by atoms with Crippen molar-refractivity contribution in [2.75, 3.05) is 6.54 Å². The number of amides is 2. The van der Waals surface area contributed by atoms with Crippen LogP contribution in [0.4, 0.5) is 0 Å². The quantitative estimate of drug-likeness (QED) is 0.494. The summed E-state index contributed by atoms with van der Waals surface area (Å²) < 4.78 is 0. The van der Waals surface area contributed by atoms with Gasteiger partial charge in [-0.25, -0.2) is 0 Å². The molecule has 0 spiro atoms. The standard InChI is InChI=1S/C10H15N3O2/c1-2-3-8(11)10(15)12-6-9(14)13-7-4-5-7/h1,7-8H,3-6,11H2,(H,12,15)(H,13,14). The van der Waals surface area contributed by atoms with Gasteiger partial charge in [0.05, 0.1) is 12.6 Å². The van der Waals surface area contributed by atoms with Gasteiger partial charge < -0.3 is 16.4 Å². The third-order valence-corrected chi connectivity index (χ3v) is 2.04. The summed E-state index contributed by atoms with van der Waals surface area (Å²) in [5, 5.41) is 5.17. The lowest BCUT2D eigenvalue weighted by atomic mass is 10.2. The van der Waals surface area contributed by atoms with Crippen LogP contribution in [0, 0.1) is 12.3 Å². The maximum Gasteiger partial charge on any atom is 0.239 e. The lowest BCUT2D eigenvalue weighted by Crippen LogP contribution is -2.45. The van der Waals surface area contributed by atoms with Crippen LogP contribution in [-0.4, -0.2) is 30.4 Å². The Kier molecular flexibility index (Phi) is 4.13. The van der Waals surface area contributed by atoms with Crippen molar-refractivity contribution in [1.29, 1.82) is 0 Å². The summed E-state index contributed by atoms with van der Waals surface area (Å²) in [5.74, 6) is 1.72. The van der Waals surface area contributed by atoms with Gasteiger partial charge in [0.1, 0.15) is 0 Å². The molecule has 1 aliphatic rings. The molecule has 0 radical (unpaired) electrons. The van der Waals surface area contributed by atoms with Crippen molar-refractivity contribution < 1.29 is 9.59 Å². The Morgan fingerprint density at radius 1 is 1.53 bits per heavy atom. The number of hydrogen-bond donors (Lipinski definition) is 3. The molecular formula is C10H15N3O2. The first-order valence-electron chi connectivity index (χ1n) is 4.89. The second kappa shape index (κ2) is 5.37. The Morgan fingerprint density at radius 2 is 2.20 bits per heavy atom. The second-order valence-electron chi connectivity index (χ2n) is 3.57. The molecule has 1 aliphatic carbocycles. The highest BCUT2D eigenvalue weighted by Gasteiger charge is 2.23. The van der Waals surface area contributed by atoms with E-state index in [4.69, 9.17) is 12.2 Å². The van der Waals surface area contributed by atoms with E-state index in [0.29, 0.717) is 6.04 Å². The molecule has 0 aromatic rings. The molecule has 0 aromatic carbocycles. The first kappa shape index (κ1) is 11.5. The van der Waals surface area contributed by atoms with E-state index in [9.17, 15) is 9.59 Å². The van der Waals surface area contributed by atoms with Gasteiger partial charge in [-0.15, -0.1) is 12.3 Å². The molecule has 1 atom stereocenters. The lowest BCUT2D eigenvalue weighted by Gasteiger charge is -2.09. The van der Waals surface area contributed by atoms with Gasteiger partial charge in [-0.05, 0) is 12.8 Å². The Hall–Kier alpha value is -1.54. The van der Waals surface area contributed by atoms with Crippen LogP contribution < -0.4 is 16.4 Å². The third-order valence-electron chi connectivity index (χ3n) is 2.04. The lowest BCUT2D eigenvalue weighted by molar-refractivity contribution is -0.126. The minimum absolute atomic E-state index is 0.0341. The summed E-state index contributed by atoms with van der Waals surface area (Å²) >= 11 is 0. The summed E-state index contributed by atoms with van der Waals surface area (Å²) in [7, 11) is 0. The minimum Gasteiger partial charge on any atom is -0.352 e. The number of hydrogen-bond acceptors (Lipinski definition) is 3. The SMILES string of the molecule is C#CCC(N)C(=O)NCC(=O)NC1CC1. The molecule has 0 aliphatic heterocycles. The van der Waals surface area contributed by atoms with Crippen LogP contribution >= 0.6 is 0 Å². The topological polar surface area (TPSA) is 84.2 Å². The Balaban J connectivity index is 2.14. The summed E-state index contributed by atoms with van der Waals surface area (Å²) in [4.78, 5) is 22.4. The zero-order valence-electron chi connectivity index (χ0n) is 8.45. The maximum atomic E-state index is 11.2. The van der Waals surface area contributed by atoms with Crippen LogP contribution in [0.3, 0.4) is 0 Å². The van der Waals surface area contributed by atoms with Crippen molar-refractivity contribution in [3.8, 4) is 12.3 Å². The highest BCUT2D eigenvalue weighted by Crippen LogP contribution is 2.18. The Bertz CT molecular complexity index is 292. The van der Waals surface area contributed by atoms with Gasteiger partial charge in [0.15, 0.2) is 0 Å². The number of rotatable bonds is 5. The van der Waals surface area contributed by atoms with Crippen molar-refractivity contribution in [1.82, 2.24) is 10.6 Å². The Labute approximate surface area is 88.8 Å². The van der Waals surface area contributed by atoms with Gasteiger partial charge >= 0.3 is 0 Å². The normalized spacial score (nSPS) is 16.3. The zero-order valence-corrected chi connectivity index (χ0v) is 8.45. The van der Waals surface area contributed by atoms with Gasteiger partial charge in [0, 0.05) is 12.5 Å². The van der Waals surface area contributed by atoms with Gasteiger partial charge in [-0.2, -0.15) is 0 Å². The first-order valence-corrected chi connectivity index (χ1v) is 4.89. The first-order chi connectivity index (χ1) is 7.13. The molecule has 15 heavy (non-hydrogen) atoms. The van der Waals surface area contributed by atoms with Gasteiger partial charge in [0.25, 0.3) is 0 Å². The molecule has 0 saturated heterocycles. The minimum atomic E-state index is -0.733. The Morgan fingerprint density at radius 3 is 2.73 bits per heavy atom. The molecule has 82 valence electrons. The van der Waals surface area contributed by atoms with Crippen molar-refractivity contribution in [3.05, 3.63) is 0 Å². The smallest absolute Gasteiger partial charge is 0.239 e. The predicted molar refractivity (Wildman–Crippen MR) is 55.6 cm³/mol. The van der Waals surface area contributed by atoms with E-state index in [0.717, 1.165) is 12.8 Å². The molecule has 1 rings (SSSR count). The second-order valence-corrected chi connectivity index (χ2v) is 3.57. The van der Waals surface area contributed by atoms with E-state index in [1.165, 1.54) is 0 Å². The van der Waals surface area contributed by atoms with Gasteiger partial charge in [-0.3, -0.25) is 9.59 Å². The third kappa shape index (κ3) is 4.47. The van der Waals surface area contributed by atoms with Crippen molar-refractivity contribution in [2.45, 2.75) is 31.3 Å². The van der Waals surface area contributed by atoms with Gasteiger partial charge in [0.2, 0.25) is 11.8 Å². The largest absolute Gasteiger partial charge is 0.352 e. The molecule has 2 amide bonds. The van der Waals surface area contributed by atoms with Crippen LogP contribution in [0.1, 0.15) is 19.3 Å². The molecular weight excluding hydrogens is 194 g/mol. The summed E-state index contributed by atoms with van der Waals surface area (Å²) in [5.41, 5.74) is 5.44. The fraction of sp³-hybridized carbons (Fsp3) is 0.600.